The maximum Gasteiger partial charge on any atom is 0.226 e. The molecule has 1 aliphatic rings. The second kappa shape index (κ2) is 7.50. The van der Waals surface area contributed by atoms with Crippen molar-refractivity contribution in [1.29, 1.82) is 0 Å². The molecule has 3 rings (SSSR count). The Kier molecular flexibility index (Phi) is 5.17. The maximum atomic E-state index is 11.8. The van der Waals surface area contributed by atoms with E-state index in [-0.39, 0.29) is 12.5 Å². The van der Waals surface area contributed by atoms with Gasteiger partial charge in [0.1, 0.15) is 0 Å². The number of hydrogen-bond donors (Lipinski definition) is 3. The van der Waals surface area contributed by atoms with Gasteiger partial charge in [-0.05, 0) is 31.5 Å². The molecule has 8 heteroatoms. The Labute approximate surface area is 139 Å². The van der Waals surface area contributed by atoms with Crippen LogP contribution in [0.15, 0.2) is 29.0 Å². The second-order valence-electron chi connectivity index (χ2n) is 6.03. The molecular formula is C16H21N5O3. The summed E-state index contributed by atoms with van der Waals surface area (Å²) in [6.45, 7) is 1.58. The molecule has 1 aliphatic heterocycles. The monoisotopic (exact) mass is 331 g/mol. The summed E-state index contributed by atoms with van der Waals surface area (Å²) in [6, 6.07) is 3.67. The van der Waals surface area contributed by atoms with Crippen molar-refractivity contribution in [2.45, 2.75) is 31.3 Å². The second-order valence-corrected chi connectivity index (χ2v) is 6.03. The van der Waals surface area contributed by atoms with Crippen LogP contribution in [0.3, 0.4) is 0 Å². The first-order chi connectivity index (χ1) is 11.6. The third kappa shape index (κ3) is 4.36. The van der Waals surface area contributed by atoms with Gasteiger partial charge in [0, 0.05) is 43.9 Å². The van der Waals surface area contributed by atoms with Crippen molar-refractivity contribution < 1.29 is 14.4 Å². The zero-order valence-corrected chi connectivity index (χ0v) is 13.4. The number of aryl methyl sites for hydroxylation is 1. The number of β-amino-alcohol motifs (C(OH)–C–C–N with tert-alkyl or cyclic N) is 1. The van der Waals surface area contributed by atoms with Crippen LogP contribution in [0.1, 0.15) is 25.2 Å². The van der Waals surface area contributed by atoms with E-state index < -0.39 is 5.60 Å². The average Bonchev–Trinajstić information content (AvgIpc) is 3.24. The molecule has 2 aromatic heterocycles. The Morgan fingerprint density at radius 1 is 1.50 bits per heavy atom. The van der Waals surface area contributed by atoms with E-state index in [2.05, 4.69) is 25.8 Å². The Hall–Kier alpha value is -2.32. The Balaban J connectivity index is 1.40. The molecule has 1 saturated heterocycles. The first-order valence-electron chi connectivity index (χ1n) is 8.07. The zero-order valence-electron chi connectivity index (χ0n) is 13.4. The summed E-state index contributed by atoms with van der Waals surface area (Å²) in [6.07, 6.45) is 5.51. The molecule has 0 aromatic carbocycles. The number of rotatable bonds is 7. The van der Waals surface area contributed by atoms with Crippen molar-refractivity contribution in [3.8, 4) is 11.4 Å². The van der Waals surface area contributed by atoms with Crippen LogP contribution < -0.4 is 10.6 Å². The van der Waals surface area contributed by atoms with Crippen molar-refractivity contribution in [2.75, 3.05) is 19.6 Å². The third-order valence-electron chi connectivity index (χ3n) is 4.02. The molecule has 3 heterocycles. The molecule has 24 heavy (non-hydrogen) atoms. The van der Waals surface area contributed by atoms with Gasteiger partial charge in [-0.2, -0.15) is 4.98 Å². The largest absolute Gasteiger partial charge is 0.387 e. The van der Waals surface area contributed by atoms with Crippen LogP contribution in [0.5, 0.6) is 0 Å². The van der Waals surface area contributed by atoms with Crippen LogP contribution in [0, 0.1) is 0 Å². The van der Waals surface area contributed by atoms with Crippen LogP contribution in [0.25, 0.3) is 11.4 Å². The molecule has 0 bridgehead atoms. The van der Waals surface area contributed by atoms with E-state index in [9.17, 15) is 9.90 Å². The number of amides is 1. The van der Waals surface area contributed by atoms with E-state index in [1.165, 1.54) is 0 Å². The van der Waals surface area contributed by atoms with Crippen molar-refractivity contribution in [3.63, 3.8) is 0 Å². The van der Waals surface area contributed by atoms with E-state index in [4.69, 9.17) is 4.52 Å². The van der Waals surface area contributed by atoms with E-state index in [0.29, 0.717) is 43.9 Å². The number of aromatic nitrogens is 3. The number of nitrogens with zero attached hydrogens (tertiary/aromatic N) is 3. The molecule has 1 amide bonds. The summed E-state index contributed by atoms with van der Waals surface area (Å²) in [5.74, 6) is 0.918. The summed E-state index contributed by atoms with van der Waals surface area (Å²) < 4.78 is 5.19. The van der Waals surface area contributed by atoms with Gasteiger partial charge in [0.2, 0.25) is 17.6 Å². The minimum atomic E-state index is -0.819. The lowest BCUT2D eigenvalue weighted by Crippen LogP contribution is -2.44. The van der Waals surface area contributed by atoms with Gasteiger partial charge < -0.3 is 20.3 Å². The summed E-state index contributed by atoms with van der Waals surface area (Å²) in [7, 11) is 0. The number of carbonyl (C=O) groups excluding carboxylic acids is 1. The molecular weight excluding hydrogens is 310 g/mol. The minimum absolute atomic E-state index is 0.0812. The van der Waals surface area contributed by atoms with Crippen LogP contribution in [0.2, 0.25) is 0 Å². The first-order valence-corrected chi connectivity index (χ1v) is 8.07. The fourth-order valence-corrected chi connectivity index (χ4v) is 2.60. The molecule has 8 nitrogen and oxygen atoms in total. The summed E-state index contributed by atoms with van der Waals surface area (Å²) in [4.78, 5) is 20.2. The molecule has 0 unspecified atom stereocenters. The number of aliphatic hydroxyl groups is 1. The molecule has 3 N–H and O–H groups in total. The highest BCUT2D eigenvalue weighted by atomic mass is 16.5. The van der Waals surface area contributed by atoms with Gasteiger partial charge >= 0.3 is 0 Å². The van der Waals surface area contributed by atoms with Crippen LogP contribution in [-0.4, -0.2) is 51.4 Å². The van der Waals surface area contributed by atoms with Crippen molar-refractivity contribution in [2.24, 2.45) is 0 Å². The quantitative estimate of drug-likeness (QED) is 0.668. The first kappa shape index (κ1) is 16.5. The highest BCUT2D eigenvalue weighted by Crippen LogP contribution is 2.15. The molecule has 0 radical (unpaired) electrons. The molecule has 1 fully saturated rings. The van der Waals surface area contributed by atoms with Gasteiger partial charge in [-0.15, -0.1) is 0 Å². The fraction of sp³-hybridized carbons (Fsp3) is 0.500. The lowest BCUT2D eigenvalue weighted by molar-refractivity contribution is -0.122. The summed E-state index contributed by atoms with van der Waals surface area (Å²) >= 11 is 0. The normalized spacial score (nSPS) is 20.2. The van der Waals surface area contributed by atoms with Gasteiger partial charge in [0.25, 0.3) is 0 Å². The average molecular weight is 331 g/mol. The van der Waals surface area contributed by atoms with E-state index in [0.717, 1.165) is 12.1 Å². The summed E-state index contributed by atoms with van der Waals surface area (Å²) in [5.41, 5.74) is -0.0236. The molecule has 2 aromatic rings. The minimum Gasteiger partial charge on any atom is -0.387 e. The molecule has 0 spiro atoms. The Bertz CT molecular complexity index is 667. The molecule has 1 atom stereocenters. The van der Waals surface area contributed by atoms with Crippen LogP contribution >= 0.6 is 0 Å². The van der Waals surface area contributed by atoms with E-state index in [1.807, 2.05) is 12.1 Å². The van der Waals surface area contributed by atoms with E-state index in [1.54, 1.807) is 12.4 Å². The number of hydrogen-bond acceptors (Lipinski definition) is 7. The fourth-order valence-electron chi connectivity index (χ4n) is 2.60. The van der Waals surface area contributed by atoms with Gasteiger partial charge in [-0.1, -0.05) is 5.16 Å². The predicted octanol–water partition coefficient (Wildman–Crippen LogP) is 0.295. The van der Waals surface area contributed by atoms with Crippen molar-refractivity contribution >= 4 is 5.91 Å². The highest BCUT2D eigenvalue weighted by molar-refractivity contribution is 5.75. The number of pyridine rings is 1. The smallest absolute Gasteiger partial charge is 0.226 e. The third-order valence-corrected chi connectivity index (χ3v) is 4.02. The lowest BCUT2D eigenvalue weighted by atomic mass is 10.0. The van der Waals surface area contributed by atoms with Gasteiger partial charge in [-0.25, -0.2) is 0 Å². The zero-order chi connectivity index (χ0) is 16.8. The van der Waals surface area contributed by atoms with Gasteiger partial charge in [0.15, 0.2) is 0 Å². The van der Waals surface area contributed by atoms with E-state index >= 15 is 0 Å². The lowest BCUT2D eigenvalue weighted by Gasteiger charge is -2.21. The summed E-state index contributed by atoms with van der Waals surface area (Å²) in [5, 5.41) is 19.9. The Morgan fingerprint density at radius 3 is 3.17 bits per heavy atom. The Morgan fingerprint density at radius 2 is 2.42 bits per heavy atom. The van der Waals surface area contributed by atoms with Crippen molar-refractivity contribution in [3.05, 3.63) is 30.4 Å². The molecule has 0 aliphatic carbocycles. The van der Waals surface area contributed by atoms with Crippen LogP contribution in [0.4, 0.5) is 0 Å². The van der Waals surface area contributed by atoms with Gasteiger partial charge in [0.05, 0.1) is 5.60 Å². The SMILES string of the molecule is O=C(CCCc1nc(-c2cccnc2)no1)NC[C@]1(O)CCNC1. The molecule has 0 saturated carbocycles. The van der Waals surface area contributed by atoms with Crippen LogP contribution in [-0.2, 0) is 11.2 Å². The molecule has 128 valence electrons. The maximum absolute atomic E-state index is 11.8. The predicted molar refractivity (Wildman–Crippen MR) is 85.9 cm³/mol. The number of nitrogens with one attached hydrogen (secondary N) is 2. The highest BCUT2D eigenvalue weighted by Gasteiger charge is 2.31. The van der Waals surface area contributed by atoms with Gasteiger partial charge in [-0.3, -0.25) is 9.78 Å². The topological polar surface area (TPSA) is 113 Å². The number of carbonyl (C=O) groups is 1. The standard InChI is InChI=1S/C16H21N5O3/c22-13(19-11-16(23)6-8-18-10-16)4-1-5-14-20-15(21-24-14)12-3-2-7-17-9-12/h2-3,7,9,18,23H,1,4-6,8,10-11H2,(H,19,22)/t16-/m0/s1. The van der Waals surface area contributed by atoms with Crippen molar-refractivity contribution in [1.82, 2.24) is 25.8 Å².